The molecule has 0 amide bonds. The highest BCUT2D eigenvalue weighted by atomic mass is 79.9. The van der Waals surface area contributed by atoms with E-state index < -0.39 is 0 Å². The third-order valence-electron chi connectivity index (χ3n) is 4.76. The molecule has 4 heteroatoms. The Balaban J connectivity index is 1.37. The van der Waals surface area contributed by atoms with Gasteiger partial charge >= 0.3 is 0 Å². The second-order valence-electron chi connectivity index (χ2n) is 6.27. The molecule has 0 saturated carbocycles. The van der Waals surface area contributed by atoms with Crippen molar-refractivity contribution in [2.75, 3.05) is 44.6 Å². The second-order valence-corrected chi connectivity index (χ2v) is 7.19. The van der Waals surface area contributed by atoms with Gasteiger partial charge in [-0.3, -0.25) is 9.80 Å². The maximum Gasteiger partial charge on any atom is 0.0341 e. The summed E-state index contributed by atoms with van der Waals surface area (Å²) in [6.45, 7) is 7.38. The van der Waals surface area contributed by atoms with Gasteiger partial charge in [0, 0.05) is 35.8 Å². The average molecular weight is 352 g/mol. The predicted octanol–water partition coefficient (Wildman–Crippen LogP) is 3.42. The van der Waals surface area contributed by atoms with Crippen molar-refractivity contribution in [2.45, 2.75) is 31.7 Å². The van der Waals surface area contributed by atoms with Crippen LogP contribution in [0, 0.1) is 0 Å². The number of hydrogen-bond acceptors (Lipinski definition) is 3. The Morgan fingerprint density at radius 3 is 2.57 bits per heavy atom. The Morgan fingerprint density at radius 2 is 1.81 bits per heavy atom. The molecule has 0 spiro atoms. The summed E-state index contributed by atoms with van der Waals surface area (Å²) in [6, 6.07) is 9.25. The first-order chi connectivity index (χ1) is 10.3. The van der Waals surface area contributed by atoms with E-state index >= 15 is 0 Å². The average Bonchev–Trinajstić information content (AvgIpc) is 2.99. The molecule has 1 atom stereocenters. The number of benzene rings is 1. The molecule has 1 aromatic carbocycles. The first-order valence-corrected chi connectivity index (χ1v) is 9.06. The van der Waals surface area contributed by atoms with Gasteiger partial charge in [-0.25, -0.2) is 0 Å². The number of nitrogens with zero attached hydrogens (tertiary/aromatic N) is 2. The zero-order valence-corrected chi connectivity index (χ0v) is 14.3. The molecule has 2 saturated heterocycles. The largest absolute Gasteiger partial charge is 0.384 e. The number of likely N-dealkylation sites (tertiary alicyclic amines) is 2. The molecule has 2 fully saturated rings. The molecule has 116 valence electrons. The van der Waals surface area contributed by atoms with Crippen molar-refractivity contribution in [3.05, 3.63) is 28.7 Å². The second kappa shape index (κ2) is 7.61. The number of halogens is 1. The van der Waals surface area contributed by atoms with E-state index in [4.69, 9.17) is 0 Å². The van der Waals surface area contributed by atoms with Gasteiger partial charge in [0.15, 0.2) is 0 Å². The van der Waals surface area contributed by atoms with E-state index in [-0.39, 0.29) is 0 Å². The summed E-state index contributed by atoms with van der Waals surface area (Å²) in [6.07, 6.45) is 5.60. The van der Waals surface area contributed by atoms with E-state index in [1.807, 2.05) is 0 Å². The predicted molar refractivity (Wildman–Crippen MR) is 92.9 cm³/mol. The molecule has 0 radical (unpaired) electrons. The highest BCUT2D eigenvalue weighted by molar-refractivity contribution is 9.10. The molecular formula is C17H26BrN3. The van der Waals surface area contributed by atoms with Gasteiger partial charge < -0.3 is 5.32 Å². The van der Waals surface area contributed by atoms with Gasteiger partial charge in [-0.2, -0.15) is 0 Å². The minimum atomic E-state index is 0.818. The van der Waals surface area contributed by atoms with Crippen molar-refractivity contribution in [1.29, 1.82) is 0 Å². The first-order valence-electron chi connectivity index (χ1n) is 8.27. The summed E-state index contributed by atoms with van der Waals surface area (Å²) in [7, 11) is 0. The zero-order valence-electron chi connectivity index (χ0n) is 12.7. The van der Waals surface area contributed by atoms with Crippen LogP contribution in [0.3, 0.4) is 0 Å². The van der Waals surface area contributed by atoms with E-state index in [2.05, 4.69) is 55.3 Å². The molecule has 3 nitrogen and oxygen atoms in total. The van der Waals surface area contributed by atoms with E-state index in [9.17, 15) is 0 Å². The van der Waals surface area contributed by atoms with Gasteiger partial charge in [0.25, 0.3) is 0 Å². The number of nitrogens with one attached hydrogen (secondary N) is 1. The fourth-order valence-electron chi connectivity index (χ4n) is 3.52. The molecule has 3 rings (SSSR count). The highest BCUT2D eigenvalue weighted by Gasteiger charge is 2.27. The molecule has 1 aromatic rings. The molecule has 2 aliphatic heterocycles. The molecule has 21 heavy (non-hydrogen) atoms. The van der Waals surface area contributed by atoms with Crippen molar-refractivity contribution in [2.24, 2.45) is 0 Å². The number of piperidine rings is 1. The summed E-state index contributed by atoms with van der Waals surface area (Å²) in [4.78, 5) is 5.34. The summed E-state index contributed by atoms with van der Waals surface area (Å²) in [5, 5.41) is 3.52. The van der Waals surface area contributed by atoms with Gasteiger partial charge in [-0.05, 0) is 63.2 Å². The first kappa shape index (κ1) is 15.3. The lowest BCUT2D eigenvalue weighted by atomic mass is 10.1. The van der Waals surface area contributed by atoms with Crippen molar-refractivity contribution in [3.8, 4) is 0 Å². The minimum absolute atomic E-state index is 0.818. The zero-order chi connectivity index (χ0) is 14.5. The molecular weight excluding hydrogens is 326 g/mol. The topological polar surface area (TPSA) is 18.5 Å². The van der Waals surface area contributed by atoms with Crippen molar-refractivity contribution in [3.63, 3.8) is 0 Å². The van der Waals surface area contributed by atoms with Gasteiger partial charge in [-0.15, -0.1) is 0 Å². The molecule has 2 heterocycles. The smallest absolute Gasteiger partial charge is 0.0341 e. The normalized spacial score (nSPS) is 24.3. The molecule has 0 aromatic heterocycles. The number of rotatable bonds is 5. The maximum absolute atomic E-state index is 3.52. The van der Waals surface area contributed by atoms with Crippen LogP contribution in [0.4, 0.5) is 5.69 Å². The molecule has 1 N–H and O–H groups in total. The van der Waals surface area contributed by atoms with Crippen LogP contribution in [-0.4, -0.2) is 55.1 Å². The van der Waals surface area contributed by atoms with Crippen LogP contribution in [-0.2, 0) is 0 Å². The summed E-state index contributed by atoms with van der Waals surface area (Å²) in [5.41, 5.74) is 1.21. The summed E-state index contributed by atoms with van der Waals surface area (Å²) in [5.74, 6) is 0. The van der Waals surface area contributed by atoms with E-state index in [0.29, 0.717) is 0 Å². The van der Waals surface area contributed by atoms with Crippen molar-refractivity contribution >= 4 is 21.6 Å². The van der Waals surface area contributed by atoms with Crippen LogP contribution in [0.15, 0.2) is 28.7 Å². The van der Waals surface area contributed by atoms with E-state index in [0.717, 1.165) is 23.6 Å². The van der Waals surface area contributed by atoms with Crippen LogP contribution < -0.4 is 5.32 Å². The third kappa shape index (κ3) is 4.44. The molecule has 0 aliphatic carbocycles. The van der Waals surface area contributed by atoms with Gasteiger partial charge in [0.1, 0.15) is 0 Å². The van der Waals surface area contributed by atoms with Crippen LogP contribution in [0.5, 0.6) is 0 Å². The van der Waals surface area contributed by atoms with E-state index in [1.165, 1.54) is 57.5 Å². The molecule has 2 aliphatic rings. The van der Waals surface area contributed by atoms with Crippen LogP contribution in [0.1, 0.15) is 25.7 Å². The lowest BCUT2D eigenvalue weighted by Crippen LogP contribution is -2.41. The SMILES string of the molecule is Brc1ccc(NCCN2CCC(N3CCCCC3)C2)cc1. The summed E-state index contributed by atoms with van der Waals surface area (Å²) >= 11 is 3.47. The van der Waals surface area contributed by atoms with E-state index in [1.54, 1.807) is 0 Å². The Hall–Kier alpha value is -0.580. The number of anilines is 1. The lowest BCUT2D eigenvalue weighted by Gasteiger charge is -2.32. The molecule has 1 unspecified atom stereocenters. The third-order valence-corrected chi connectivity index (χ3v) is 5.28. The highest BCUT2D eigenvalue weighted by Crippen LogP contribution is 2.20. The maximum atomic E-state index is 3.52. The standard InChI is InChI=1S/C17H26BrN3/c18-15-4-6-16(7-5-15)19-9-13-20-12-8-17(14-20)21-10-2-1-3-11-21/h4-7,17,19H,1-3,8-14H2. The lowest BCUT2D eigenvalue weighted by molar-refractivity contribution is 0.163. The number of hydrogen-bond donors (Lipinski definition) is 1. The quantitative estimate of drug-likeness (QED) is 0.876. The molecule has 0 bridgehead atoms. The van der Waals surface area contributed by atoms with Crippen LogP contribution in [0.25, 0.3) is 0 Å². The van der Waals surface area contributed by atoms with Gasteiger partial charge in [0.2, 0.25) is 0 Å². The Morgan fingerprint density at radius 1 is 1.05 bits per heavy atom. The Labute approximate surface area is 136 Å². The summed E-state index contributed by atoms with van der Waals surface area (Å²) < 4.78 is 1.14. The van der Waals surface area contributed by atoms with Gasteiger partial charge in [-0.1, -0.05) is 22.4 Å². The van der Waals surface area contributed by atoms with Crippen molar-refractivity contribution < 1.29 is 0 Å². The fourth-order valence-corrected chi connectivity index (χ4v) is 3.79. The van der Waals surface area contributed by atoms with Gasteiger partial charge in [0.05, 0.1) is 0 Å². The monoisotopic (exact) mass is 351 g/mol. The minimum Gasteiger partial charge on any atom is -0.384 e. The Kier molecular flexibility index (Phi) is 5.55. The van der Waals surface area contributed by atoms with Crippen molar-refractivity contribution in [1.82, 2.24) is 9.80 Å². The fraction of sp³-hybridized carbons (Fsp3) is 0.647. The van der Waals surface area contributed by atoms with Crippen LogP contribution in [0.2, 0.25) is 0 Å². The van der Waals surface area contributed by atoms with Crippen LogP contribution >= 0.6 is 15.9 Å². The Bertz CT molecular complexity index is 428.